The van der Waals surface area contributed by atoms with Crippen LogP contribution in [-0.2, 0) is 34.1 Å². The zero-order chi connectivity index (χ0) is 26.8. The Bertz CT molecular complexity index is 1220. The molecule has 1 heterocycles. The first-order chi connectivity index (χ1) is 17.4. The van der Waals surface area contributed by atoms with Gasteiger partial charge in [-0.3, -0.25) is 9.69 Å². The number of piperidine rings is 1. The Labute approximate surface area is 220 Å². The summed E-state index contributed by atoms with van der Waals surface area (Å²) >= 11 is 6.56. The number of hydrogen-bond acceptors (Lipinski definition) is 4. The van der Waals surface area contributed by atoms with E-state index >= 15 is 0 Å². The fourth-order valence-corrected chi connectivity index (χ4v) is 6.06. The van der Waals surface area contributed by atoms with Gasteiger partial charge in [0.05, 0.1) is 11.8 Å². The molecule has 0 unspecified atom stereocenters. The molecule has 2 aliphatic rings. The number of benzene rings is 2. The van der Waals surface area contributed by atoms with Crippen molar-refractivity contribution in [1.29, 1.82) is 0 Å². The van der Waals surface area contributed by atoms with Crippen LogP contribution in [0, 0.1) is 5.92 Å². The molecule has 0 bridgehead atoms. The SMILES string of the molecule is CS(=O)(=O)N1CCCC[C@@H]1C(=O)Nc1ccc(CN(Cc2ccc(C(F)(F)F)cc2)CC2CC2)c(Cl)c1. The van der Waals surface area contributed by atoms with Gasteiger partial charge in [0, 0.05) is 36.9 Å². The molecule has 202 valence electrons. The quantitative estimate of drug-likeness (QED) is 0.440. The number of sulfonamides is 1. The highest BCUT2D eigenvalue weighted by Gasteiger charge is 2.34. The topological polar surface area (TPSA) is 69.7 Å². The third-order valence-corrected chi connectivity index (χ3v) is 8.44. The van der Waals surface area contributed by atoms with Gasteiger partial charge in [-0.15, -0.1) is 0 Å². The molecule has 2 aromatic carbocycles. The predicted octanol–water partition coefficient (Wildman–Crippen LogP) is 5.52. The highest BCUT2D eigenvalue weighted by Crippen LogP contribution is 2.33. The van der Waals surface area contributed by atoms with Gasteiger partial charge in [0.25, 0.3) is 0 Å². The molecule has 0 spiro atoms. The van der Waals surface area contributed by atoms with Gasteiger partial charge >= 0.3 is 6.18 Å². The number of rotatable bonds is 9. The maximum atomic E-state index is 12.9. The van der Waals surface area contributed by atoms with E-state index in [1.54, 1.807) is 12.1 Å². The van der Waals surface area contributed by atoms with Crippen molar-refractivity contribution < 1.29 is 26.4 Å². The summed E-state index contributed by atoms with van der Waals surface area (Å²) in [5.41, 5.74) is 1.44. The molecule has 4 rings (SSSR count). The molecule has 1 N–H and O–H groups in total. The summed E-state index contributed by atoms with van der Waals surface area (Å²) in [6.45, 7) is 2.15. The van der Waals surface area contributed by atoms with Gasteiger partial charge in [-0.25, -0.2) is 8.42 Å². The monoisotopic (exact) mass is 557 g/mol. The molecule has 2 fully saturated rings. The Hall–Kier alpha value is -2.14. The van der Waals surface area contributed by atoms with E-state index in [1.165, 1.54) is 16.4 Å². The minimum atomic E-state index is -4.36. The van der Waals surface area contributed by atoms with Gasteiger partial charge in [0.15, 0.2) is 0 Å². The summed E-state index contributed by atoms with van der Waals surface area (Å²) in [5, 5.41) is 3.25. The molecule has 37 heavy (non-hydrogen) atoms. The van der Waals surface area contributed by atoms with Crippen molar-refractivity contribution in [2.45, 2.75) is 57.4 Å². The number of carbonyl (C=O) groups excluding carboxylic acids is 1. The number of nitrogens with one attached hydrogen (secondary N) is 1. The second-order valence-electron chi connectivity index (χ2n) is 9.99. The van der Waals surface area contributed by atoms with Crippen LogP contribution in [0.4, 0.5) is 18.9 Å². The highest BCUT2D eigenvalue weighted by molar-refractivity contribution is 7.88. The van der Waals surface area contributed by atoms with Gasteiger partial charge in [-0.05, 0) is 67.0 Å². The molecule has 1 aliphatic carbocycles. The lowest BCUT2D eigenvalue weighted by molar-refractivity contribution is -0.137. The number of carbonyl (C=O) groups is 1. The van der Waals surface area contributed by atoms with Crippen molar-refractivity contribution in [3.05, 3.63) is 64.2 Å². The van der Waals surface area contributed by atoms with E-state index in [0.29, 0.717) is 42.7 Å². The van der Waals surface area contributed by atoms with Crippen molar-refractivity contribution in [3.63, 3.8) is 0 Å². The van der Waals surface area contributed by atoms with E-state index in [-0.39, 0.29) is 5.91 Å². The fourth-order valence-electron chi connectivity index (χ4n) is 4.69. The van der Waals surface area contributed by atoms with E-state index < -0.39 is 27.8 Å². The Morgan fingerprint density at radius 3 is 2.38 bits per heavy atom. The van der Waals surface area contributed by atoms with E-state index in [0.717, 1.165) is 61.7 Å². The largest absolute Gasteiger partial charge is 0.416 e. The van der Waals surface area contributed by atoms with E-state index in [1.807, 2.05) is 6.07 Å². The summed E-state index contributed by atoms with van der Waals surface area (Å²) in [7, 11) is -3.50. The molecular formula is C26H31ClF3N3O3S. The van der Waals surface area contributed by atoms with Crippen LogP contribution in [0.1, 0.15) is 48.8 Å². The average Bonchev–Trinajstić information content (AvgIpc) is 3.64. The minimum Gasteiger partial charge on any atom is -0.325 e. The molecule has 0 aromatic heterocycles. The summed E-state index contributed by atoms with van der Waals surface area (Å²) in [5.74, 6) is 0.187. The second kappa shape index (κ2) is 11.3. The van der Waals surface area contributed by atoms with Crippen LogP contribution in [0.5, 0.6) is 0 Å². The van der Waals surface area contributed by atoms with Crippen molar-refractivity contribution in [2.75, 3.05) is 24.7 Å². The third-order valence-electron chi connectivity index (χ3n) is 6.80. The number of halogens is 4. The smallest absolute Gasteiger partial charge is 0.325 e. The lowest BCUT2D eigenvalue weighted by atomic mass is 10.0. The Balaban J connectivity index is 1.43. The Kier molecular flexibility index (Phi) is 8.52. The van der Waals surface area contributed by atoms with Crippen molar-refractivity contribution in [2.24, 2.45) is 5.92 Å². The lowest BCUT2D eigenvalue weighted by Gasteiger charge is -2.32. The standard InChI is InChI=1S/C26H31ClF3N3O3S/c1-37(35,36)33-13-3-2-4-24(33)25(34)31-22-12-9-20(23(27)14-22)17-32(15-18-5-6-18)16-19-7-10-21(11-8-19)26(28,29)30/h7-12,14,18,24H,2-6,13,15-17H2,1H3,(H,31,34)/t24-/m1/s1. The van der Waals surface area contributed by atoms with Crippen LogP contribution >= 0.6 is 11.6 Å². The van der Waals surface area contributed by atoms with Crippen molar-refractivity contribution in [1.82, 2.24) is 9.21 Å². The lowest BCUT2D eigenvalue weighted by Crippen LogP contribution is -2.49. The zero-order valence-corrected chi connectivity index (χ0v) is 22.2. The summed E-state index contributed by atoms with van der Waals surface area (Å²) in [6.07, 6.45) is 0.979. The van der Waals surface area contributed by atoms with Crippen LogP contribution in [0.15, 0.2) is 42.5 Å². The zero-order valence-electron chi connectivity index (χ0n) is 20.6. The average molecular weight is 558 g/mol. The van der Waals surface area contributed by atoms with Gasteiger partial charge in [0.2, 0.25) is 15.9 Å². The number of nitrogens with zero attached hydrogens (tertiary/aromatic N) is 2. The first-order valence-electron chi connectivity index (χ1n) is 12.3. The van der Waals surface area contributed by atoms with Gasteiger partial charge in [-0.1, -0.05) is 36.2 Å². The Morgan fingerprint density at radius 2 is 1.78 bits per heavy atom. The third kappa shape index (κ3) is 7.69. The van der Waals surface area contributed by atoms with Crippen LogP contribution in [0.3, 0.4) is 0 Å². The number of anilines is 1. The number of amides is 1. The molecule has 1 aliphatic heterocycles. The number of alkyl halides is 3. The molecule has 2 aromatic rings. The van der Waals surface area contributed by atoms with Crippen LogP contribution in [0.2, 0.25) is 5.02 Å². The molecule has 1 amide bonds. The van der Waals surface area contributed by atoms with Gasteiger partial charge < -0.3 is 5.32 Å². The molecule has 1 atom stereocenters. The molecular weight excluding hydrogens is 527 g/mol. The van der Waals surface area contributed by atoms with Crippen molar-refractivity contribution >= 4 is 33.2 Å². The first-order valence-corrected chi connectivity index (χ1v) is 14.6. The Morgan fingerprint density at radius 1 is 1.08 bits per heavy atom. The van der Waals surface area contributed by atoms with Crippen LogP contribution in [0.25, 0.3) is 0 Å². The van der Waals surface area contributed by atoms with E-state index in [9.17, 15) is 26.4 Å². The summed E-state index contributed by atoms with van der Waals surface area (Å²) in [4.78, 5) is 15.0. The summed E-state index contributed by atoms with van der Waals surface area (Å²) < 4.78 is 64.2. The summed E-state index contributed by atoms with van der Waals surface area (Å²) in [6, 6.07) is 9.68. The molecule has 11 heteroatoms. The molecule has 1 saturated heterocycles. The van der Waals surface area contributed by atoms with E-state index in [4.69, 9.17) is 11.6 Å². The predicted molar refractivity (Wildman–Crippen MR) is 138 cm³/mol. The minimum absolute atomic E-state index is 0.326. The first kappa shape index (κ1) is 27.9. The van der Waals surface area contributed by atoms with E-state index in [2.05, 4.69) is 10.2 Å². The maximum Gasteiger partial charge on any atom is 0.416 e. The molecule has 6 nitrogen and oxygen atoms in total. The van der Waals surface area contributed by atoms with Crippen LogP contribution < -0.4 is 5.32 Å². The molecule has 1 saturated carbocycles. The second-order valence-corrected chi connectivity index (χ2v) is 12.3. The highest BCUT2D eigenvalue weighted by atomic mass is 35.5. The molecule has 0 radical (unpaired) electrons. The van der Waals surface area contributed by atoms with Gasteiger partial charge in [0.1, 0.15) is 6.04 Å². The van der Waals surface area contributed by atoms with Crippen molar-refractivity contribution in [3.8, 4) is 0 Å². The number of hydrogen-bond donors (Lipinski definition) is 1. The van der Waals surface area contributed by atoms with Gasteiger partial charge in [-0.2, -0.15) is 17.5 Å². The maximum absolute atomic E-state index is 12.9. The normalized spacial score (nSPS) is 19.2. The van der Waals surface area contributed by atoms with Crippen LogP contribution in [-0.4, -0.2) is 48.9 Å². The fraction of sp³-hybridized carbons (Fsp3) is 0.500.